The van der Waals surface area contributed by atoms with Crippen molar-refractivity contribution in [2.45, 2.75) is 39.5 Å². The molecule has 0 fully saturated rings. The van der Waals surface area contributed by atoms with Crippen LogP contribution in [-0.2, 0) is 24.7 Å². The van der Waals surface area contributed by atoms with Crippen molar-refractivity contribution < 1.29 is 4.79 Å². The van der Waals surface area contributed by atoms with Crippen LogP contribution in [0.3, 0.4) is 0 Å². The third kappa shape index (κ3) is 3.16. The first kappa shape index (κ1) is 12.4. The summed E-state index contributed by atoms with van der Waals surface area (Å²) in [6, 6.07) is 0. The van der Waals surface area contributed by atoms with Gasteiger partial charge in [0, 0.05) is 13.5 Å². The number of halogens is 1. The Balaban J connectivity index is 2.68. The largest absolute Gasteiger partial charge is 0.300 e. The van der Waals surface area contributed by atoms with E-state index in [2.05, 4.69) is 28.0 Å². The van der Waals surface area contributed by atoms with E-state index in [1.165, 1.54) is 5.69 Å². The normalized spacial score (nSPS) is 10.7. The number of carbonyl (C=O) groups excluding carboxylic acids is 1. The molecule has 0 bridgehead atoms. The molecule has 0 spiro atoms. The SMILES string of the molecule is CCc1nn(C)c(CCCC(C)=O)c1Br. The smallest absolute Gasteiger partial charge is 0.129 e. The second-order valence-electron chi connectivity index (χ2n) is 3.74. The van der Waals surface area contributed by atoms with Gasteiger partial charge in [-0.3, -0.25) is 4.68 Å². The zero-order valence-corrected chi connectivity index (χ0v) is 11.1. The van der Waals surface area contributed by atoms with Gasteiger partial charge in [-0.25, -0.2) is 0 Å². The molecule has 15 heavy (non-hydrogen) atoms. The van der Waals surface area contributed by atoms with Gasteiger partial charge >= 0.3 is 0 Å². The highest BCUT2D eigenvalue weighted by atomic mass is 79.9. The highest BCUT2D eigenvalue weighted by Gasteiger charge is 2.11. The van der Waals surface area contributed by atoms with Crippen LogP contribution in [0.1, 0.15) is 38.1 Å². The highest BCUT2D eigenvalue weighted by molar-refractivity contribution is 9.10. The van der Waals surface area contributed by atoms with Gasteiger partial charge in [0.15, 0.2) is 0 Å². The Labute approximate surface area is 99.0 Å². The van der Waals surface area contributed by atoms with Gasteiger partial charge < -0.3 is 4.79 Å². The molecule has 0 saturated carbocycles. The molecule has 0 atom stereocenters. The van der Waals surface area contributed by atoms with Crippen LogP contribution >= 0.6 is 15.9 Å². The summed E-state index contributed by atoms with van der Waals surface area (Å²) >= 11 is 3.56. The lowest BCUT2D eigenvalue weighted by Crippen LogP contribution is -2.00. The molecule has 0 aliphatic heterocycles. The molecule has 0 N–H and O–H groups in total. The van der Waals surface area contributed by atoms with E-state index in [1.54, 1.807) is 6.92 Å². The van der Waals surface area contributed by atoms with Crippen molar-refractivity contribution in [2.24, 2.45) is 7.05 Å². The summed E-state index contributed by atoms with van der Waals surface area (Å²) in [5.74, 6) is 0.254. The van der Waals surface area contributed by atoms with Crippen LogP contribution in [0.5, 0.6) is 0 Å². The van der Waals surface area contributed by atoms with Crippen molar-refractivity contribution in [1.82, 2.24) is 9.78 Å². The van der Waals surface area contributed by atoms with Crippen molar-refractivity contribution in [1.29, 1.82) is 0 Å². The second-order valence-corrected chi connectivity index (χ2v) is 4.53. The number of ketones is 1. The van der Waals surface area contributed by atoms with E-state index in [0.29, 0.717) is 6.42 Å². The molecule has 0 amide bonds. The summed E-state index contributed by atoms with van der Waals surface area (Å²) in [4.78, 5) is 10.8. The molecule has 1 aromatic heterocycles. The highest BCUT2D eigenvalue weighted by Crippen LogP contribution is 2.22. The Hall–Kier alpha value is -0.640. The number of hydrogen-bond donors (Lipinski definition) is 0. The first-order valence-corrected chi connectivity index (χ1v) is 6.05. The Morgan fingerprint density at radius 1 is 1.53 bits per heavy atom. The van der Waals surface area contributed by atoms with Gasteiger partial charge in [-0.15, -0.1) is 0 Å². The number of rotatable bonds is 5. The van der Waals surface area contributed by atoms with Crippen molar-refractivity contribution in [3.8, 4) is 0 Å². The Kier molecular flexibility index (Phi) is 4.51. The average molecular weight is 273 g/mol. The van der Waals surface area contributed by atoms with Crippen LogP contribution < -0.4 is 0 Å². The number of hydrogen-bond acceptors (Lipinski definition) is 2. The summed E-state index contributed by atoms with van der Waals surface area (Å²) in [6.07, 6.45) is 3.39. The maximum atomic E-state index is 10.8. The van der Waals surface area contributed by atoms with Gasteiger partial charge in [0.2, 0.25) is 0 Å². The van der Waals surface area contributed by atoms with Crippen LogP contribution in [0.2, 0.25) is 0 Å². The van der Waals surface area contributed by atoms with Crippen molar-refractivity contribution in [2.75, 3.05) is 0 Å². The van der Waals surface area contributed by atoms with E-state index in [-0.39, 0.29) is 5.78 Å². The van der Waals surface area contributed by atoms with Crippen LogP contribution in [0.15, 0.2) is 4.47 Å². The Bertz CT molecular complexity index is 358. The summed E-state index contributed by atoms with van der Waals surface area (Å²) in [7, 11) is 1.95. The van der Waals surface area contributed by atoms with E-state index in [1.807, 2.05) is 11.7 Å². The van der Waals surface area contributed by atoms with E-state index in [0.717, 1.165) is 29.4 Å². The fourth-order valence-electron chi connectivity index (χ4n) is 1.60. The first-order chi connectivity index (χ1) is 7.06. The van der Waals surface area contributed by atoms with Crippen LogP contribution in [-0.4, -0.2) is 15.6 Å². The fraction of sp³-hybridized carbons (Fsp3) is 0.636. The first-order valence-electron chi connectivity index (χ1n) is 5.26. The molecule has 3 nitrogen and oxygen atoms in total. The summed E-state index contributed by atoms with van der Waals surface area (Å²) in [5, 5.41) is 4.41. The number of carbonyl (C=O) groups is 1. The molecule has 1 heterocycles. The topological polar surface area (TPSA) is 34.9 Å². The molecule has 0 aromatic carbocycles. The maximum absolute atomic E-state index is 10.8. The van der Waals surface area contributed by atoms with Crippen molar-refractivity contribution in [3.63, 3.8) is 0 Å². The van der Waals surface area contributed by atoms with E-state index >= 15 is 0 Å². The standard InChI is InChI=1S/C11H17BrN2O/c1-4-9-11(12)10(14(3)13-9)7-5-6-8(2)15/h4-7H2,1-3H3. The fourth-order valence-corrected chi connectivity index (χ4v) is 2.41. The van der Waals surface area contributed by atoms with Crippen molar-refractivity contribution in [3.05, 3.63) is 15.9 Å². The van der Waals surface area contributed by atoms with E-state index in [4.69, 9.17) is 0 Å². The lowest BCUT2D eigenvalue weighted by Gasteiger charge is -2.01. The number of aromatic nitrogens is 2. The molecule has 0 saturated heterocycles. The molecular formula is C11H17BrN2O. The van der Waals surface area contributed by atoms with Crippen LogP contribution in [0, 0.1) is 0 Å². The summed E-state index contributed by atoms with van der Waals surface area (Å²) in [5.41, 5.74) is 2.28. The molecule has 0 aliphatic rings. The second kappa shape index (κ2) is 5.45. The van der Waals surface area contributed by atoms with Crippen molar-refractivity contribution >= 4 is 21.7 Å². The molecule has 0 radical (unpaired) electrons. The molecule has 0 unspecified atom stereocenters. The third-order valence-corrected chi connectivity index (χ3v) is 3.36. The van der Waals surface area contributed by atoms with Crippen LogP contribution in [0.25, 0.3) is 0 Å². The number of Topliss-reactive ketones (excluding diaryl/α,β-unsaturated/α-hetero) is 1. The summed E-state index contributed by atoms with van der Waals surface area (Å²) in [6.45, 7) is 3.72. The number of aryl methyl sites for hydroxylation is 2. The molecule has 1 rings (SSSR count). The van der Waals surface area contributed by atoms with Gasteiger partial charge in [0.25, 0.3) is 0 Å². The number of nitrogens with zero attached hydrogens (tertiary/aromatic N) is 2. The Morgan fingerprint density at radius 2 is 2.20 bits per heavy atom. The van der Waals surface area contributed by atoms with Crippen LogP contribution in [0.4, 0.5) is 0 Å². The molecule has 4 heteroatoms. The minimum absolute atomic E-state index is 0.254. The van der Waals surface area contributed by atoms with Gasteiger partial charge in [0.1, 0.15) is 5.78 Å². The minimum Gasteiger partial charge on any atom is -0.300 e. The van der Waals surface area contributed by atoms with Gasteiger partial charge in [0.05, 0.1) is 15.9 Å². The zero-order valence-electron chi connectivity index (χ0n) is 9.51. The third-order valence-electron chi connectivity index (χ3n) is 2.45. The van der Waals surface area contributed by atoms with Gasteiger partial charge in [-0.2, -0.15) is 5.10 Å². The zero-order chi connectivity index (χ0) is 11.4. The lowest BCUT2D eigenvalue weighted by molar-refractivity contribution is -0.117. The predicted molar refractivity (Wildman–Crippen MR) is 63.9 cm³/mol. The summed E-state index contributed by atoms with van der Waals surface area (Å²) < 4.78 is 3.01. The predicted octanol–water partition coefficient (Wildman–Crippen LogP) is 2.66. The average Bonchev–Trinajstić information content (AvgIpc) is 2.44. The van der Waals surface area contributed by atoms with Gasteiger partial charge in [-0.1, -0.05) is 6.92 Å². The maximum Gasteiger partial charge on any atom is 0.129 e. The minimum atomic E-state index is 0.254. The lowest BCUT2D eigenvalue weighted by atomic mass is 10.1. The Morgan fingerprint density at radius 3 is 2.67 bits per heavy atom. The molecule has 0 aliphatic carbocycles. The van der Waals surface area contributed by atoms with Gasteiger partial charge in [-0.05, 0) is 42.1 Å². The van der Waals surface area contributed by atoms with E-state index in [9.17, 15) is 4.79 Å². The molecule has 1 aromatic rings. The van der Waals surface area contributed by atoms with E-state index < -0.39 is 0 Å². The monoisotopic (exact) mass is 272 g/mol. The quantitative estimate of drug-likeness (QED) is 0.826. The molecular weight excluding hydrogens is 256 g/mol. The molecule has 84 valence electrons.